The largest absolute Gasteiger partial charge is 0.453 e. The lowest BCUT2D eigenvalue weighted by Gasteiger charge is -2.16. The Morgan fingerprint density at radius 2 is 2.06 bits per heavy atom. The molecule has 0 aromatic carbocycles. The maximum Gasteiger partial charge on any atom is 0.407 e. The zero-order valence-corrected chi connectivity index (χ0v) is 10.9. The van der Waals surface area contributed by atoms with Gasteiger partial charge in [0.05, 0.1) is 25.4 Å². The van der Waals surface area contributed by atoms with E-state index in [0.29, 0.717) is 0 Å². The number of nitriles is 1. The normalized spacial score (nSPS) is 12.1. The number of carbonyl (C=O) groups excluding carboxylic acids is 2. The zero-order chi connectivity index (χ0) is 14.2. The number of alkyl carbamates (subject to hydrolysis) is 1. The van der Waals surface area contributed by atoms with Crippen LogP contribution in [-0.2, 0) is 19.4 Å². The monoisotopic (exact) mass is 277 g/mol. The van der Waals surface area contributed by atoms with E-state index in [2.05, 4.69) is 15.4 Å². The highest BCUT2D eigenvalue weighted by Crippen LogP contribution is 1.93. The third-order valence-electron chi connectivity index (χ3n) is 1.80. The number of carbonyl (C=O) groups is 2. The van der Waals surface area contributed by atoms with Crippen LogP contribution in [0.1, 0.15) is 6.42 Å². The van der Waals surface area contributed by atoms with Gasteiger partial charge < -0.3 is 15.4 Å². The summed E-state index contributed by atoms with van der Waals surface area (Å²) in [5, 5.41) is 12.8. The summed E-state index contributed by atoms with van der Waals surface area (Å²) in [6, 6.07) is 0.573. The maximum absolute atomic E-state index is 11.6. The van der Waals surface area contributed by atoms with Crippen LogP contribution in [0.2, 0.25) is 0 Å². The Morgan fingerprint density at radius 1 is 1.44 bits per heavy atom. The molecule has 0 aromatic heterocycles. The van der Waals surface area contributed by atoms with Gasteiger partial charge in [0.25, 0.3) is 0 Å². The van der Waals surface area contributed by atoms with Gasteiger partial charge in [0, 0.05) is 12.8 Å². The number of nitrogens with zero attached hydrogens (tertiary/aromatic N) is 1. The molecule has 0 heterocycles. The fraction of sp³-hybridized carbons (Fsp3) is 0.667. The van der Waals surface area contributed by atoms with Gasteiger partial charge in [0.2, 0.25) is 5.91 Å². The minimum absolute atomic E-state index is 0.0818. The number of hydrogen-bond donors (Lipinski definition) is 2. The second-order valence-corrected chi connectivity index (χ2v) is 5.66. The molecule has 1 atom stereocenters. The standard InChI is InChI=1S/C9H15N3O5S/c1-17-9(14)12-7(6-18(2,15)16)8(13)11-5-3-4-10/h7H,3,5-6H2,1-2H3,(H,11,13)(H,12,14). The first-order valence-electron chi connectivity index (χ1n) is 4.97. The van der Waals surface area contributed by atoms with Crippen molar-refractivity contribution >= 4 is 21.8 Å². The van der Waals surface area contributed by atoms with Crippen molar-refractivity contribution in [3.63, 3.8) is 0 Å². The molecule has 0 bridgehead atoms. The number of methoxy groups -OCH3 is 1. The van der Waals surface area contributed by atoms with Gasteiger partial charge in [-0.15, -0.1) is 0 Å². The van der Waals surface area contributed by atoms with E-state index in [-0.39, 0.29) is 13.0 Å². The molecule has 0 fully saturated rings. The molecule has 0 saturated carbocycles. The summed E-state index contributed by atoms with van der Waals surface area (Å²) < 4.78 is 26.5. The predicted octanol–water partition coefficient (Wildman–Crippen LogP) is -1.21. The molecule has 18 heavy (non-hydrogen) atoms. The molecule has 0 aliphatic carbocycles. The summed E-state index contributed by atoms with van der Waals surface area (Å²) in [4.78, 5) is 22.6. The minimum Gasteiger partial charge on any atom is -0.453 e. The number of rotatable bonds is 6. The number of sulfone groups is 1. The zero-order valence-electron chi connectivity index (χ0n) is 10.1. The fourth-order valence-electron chi connectivity index (χ4n) is 1.05. The number of nitrogens with one attached hydrogen (secondary N) is 2. The summed E-state index contributed by atoms with van der Waals surface area (Å²) in [7, 11) is -2.35. The molecule has 102 valence electrons. The Morgan fingerprint density at radius 3 is 2.50 bits per heavy atom. The highest BCUT2D eigenvalue weighted by atomic mass is 32.2. The molecule has 0 aliphatic rings. The molecule has 9 heteroatoms. The SMILES string of the molecule is COC(=O)NC(CS(C)(=O)=O)C(=O)NCCC#N. The summed E-state index contributed by atoms with van der Waals surface area (Å²) >= 11 is 0. The molecule has 1 unspecified atom stereocenters. The van der Waals surface area contributed by atoms with Crippen LogP contribution in [0.4, 0.5) is 4.79 Å². The quantitative estimate of drug-likeness (QED) is 0.586. The minimum atomic E-state index is -3.45. The highest BCUT2D eigenvalue weighted by Gasteiger charge is 2.24. The molecular weight excluding hydrogens is 262 g/mol. The van der Waals surface area contributed by atoms with E-state index < -0.39 is 33.6 Å². The van der Waals surface area contributed by atoms with Gasteiger partial charge in [-0.2, -0.15) is 5.26 Å². The van der Waals surface area contributed by atoms with E-state index in [1.807, 2.05) is 6.07 Å². The smallest absolute Gasteiger partial charge is 0.407 e. The number of ether oxygens (including phenoxy) is 1. The van der Waals surface area contributed by atoms with Gasteiger partial charge >= 0.3 is 6.09 Å². The fourth-order valence-corrected chi connectivity index (χ4v) is 1.89. The van der Waals surface area contributed by atoms with Crippen molar-refractivity contribution in [1.82, 2.24) is 10.6 Å². The molecule has 0 radical (unpaired) electrons. The topological polar surface area (TPSA) is 125 Å². The molecule has 0 saturated heterocycles. The maximum atomic E-state index is 11.6. The second kappa shape index (κ2) is 7.50. The summed E-state index contributed by atoms with van der Waals surface area (Å²) in [5.41, 5.74) is 0. The van der Waals surface area contributed by atoms with Crippen LogP contribution in [-0.4, -0.2) is 52.1 Å². The Hall–Kier alpha value is -1.82. The second-order valence-electron chi connectivity index (χ2n) is 3.48. The van der Waals surface area contributed by atoms with Gasteiger partial charge in [-0.25, -0.2) is 13.2 Å². The van der Waals surface area contributed by atoms with Crippen LogP contribution in [0, 0.1) is 11.3 Å². The molecule has 2 amide bonds. The predicted molar refractivity (Wildman–Crippen MR) is 62.3 cm³/mol. The average molecular weight is 277 g/mol. The molecule has 0 rings (SSSR count). The first-order valence-corrected chi connectivity index (χ1v) is 7.03. The van der Waals surface area contributed by atoms with E-state index in [4.69, 9.17) is 5.26 Å². The molecule has 0 spiro atoms. The lowest BCUT2D eigenvalue weighted by molar-refractivity contribution is -0.122. The molecular formula is C9H15N3O5S. The summed E-state index contributed by atoms with van der Waals surface area (Å²) in [6.07, 6.45) is 0.135. The van der Waals surface area contributed by atoms with Crippen molar-refractivity contribution in [2.45, 2.75) is 12.5 Å². The first kappa shape index (κ1) is 16.2. The van der Waals surface area contributed by atoms with E-state index >= 15 is 0 Å². The van der Waals surface area contributed by atoms with Crippen molar-refractivity contribution in [3.05, 3.63) is 0 Å². The third-order valence-corrected chi connectivity index (χ3v) is 2.74. The Kier molecular flexibility index (Phi) is 6.74. The van der Waals surface area contributed by atoms with Crippen LogP contribution in [0.15, 0.2) is 0 Å². The third kappa shape index (κ3) is 7.45. The van der Waals surface area contributed by atoms with Gasteiger partial charge in [-0.3, -0.25) is 4.79 Å². The lowest BCUT2D eigenvalue weighted by Crippen LogP contribution is -2.50. The van der Waals surface area contributed by atoms with Crippen LogP contribution in [0.5, 0.6) is 0 Å². The van der Waals surface area contributed by atoms with Crippen LogP contribution in [0.3, 0.4) is 0 Å². The average Bonchev–Trinajstić information content (AvgIpc) is 2.26. The Balaban J connectivity index is 4.60. The van der Waals surface area contributed by atoms with Crippen molar-refractivity contribution in [1.29, 1.82) is 5.26 Å². The van der Waals surface area contributed by atoms with E-state index in [1.165, 1.54) is 0 Å². The summed E-state index contributed by atoms with van der Waals surface area (Å²) in [6.45, 7) is 0.0818. The van der Waals surface area contributed by atoms with Crippen molar-refractivity contribution in [2.24, 2.45) is 0 Å². The van der Waals surface area contributed by atoms with Crippen LogP contribution >= 0.6 is 0 Å². The van der Waals surface area contributed by atoms with Crippen molar-refractivity contribution < 1.29 is 22.7 Å². The van der Waals surface area contributed by atoms with Crippen LogP contribution < -0.4 is 10.6 Å². The van der Waals surface area contributed by atoms with Crippen molar-refractivity contribution in [3.8, 4) is 6.07 Å². The number of hydrogen-bond acceptors (Lipinski definition) is 6. The Labute approximate surface area is 105 Å². The summed E-state index contributed by atoms with van der Waals surface area (Å²) in [5.74, 6) is -1.22. The van der Waals surface area contributed by atoms with Gasteiger partial charge in [0.15, 0.2) is 0 Å². The highest BCUT2D eigenvalue weighted by molar-refractivity contribution is 7.90. The van der Waals surface area contributed by atoms with Gasteiger partial charge in [-0.1, -0.05) is 0 Å². The lowest BCUT2D eigenvalue weighted by atomic mass is 10.3. The van der Waals surface area contributed by atoms with E-state index in [0.717, 1.165) is 13.4 Å². The van der Waals surface area contributed by atoms with Gasteiger partial charge in [-0.05, 0) is 0 Å². The van der Waals surface area contributed by atoms with E-state index in [1.54, 1.807) is 0 Å². The van der Waals surface area contributed by atoms with E-state index in [9.17, 15) is 18.0 Å². The number of amides is 2. The molecule has 8 nitrogen and oxygen atoms in total. The molecule has 2 N–H and O–H groups in total. The Bertz CT molecular complexity index is 440. The van der Waals surface area contributed by atoms with Crippen LogP contribution in [0.25, 0.3) is 0 Å². The molecule has 0 aromatic rings. The molecule has 0 aliphatic heterocycles. The van der Waals surface area contributed by atoms with Gasteiger partial charge in [0.1, 0.15) is 15.9 Å². The van der Waals surface area contributed by atoms with Crippen molar-refractivity contribution in [2.75, 3.05) is 25.7 Å². The first-order chi connectivity index (χ1) is 8.30.